The number of hydrogen-bond acceptors (Lipinski definition) is 1. The van der Waals surface area contributed by atoms with Crippen LogP contribution in [-0.2, 0) is 0 Å². The number of benzene rings is 2. The Bertz CT molecular complexity index is 521. The van der Waals surface area contributed by atoms with Crippen LogP contribution in [0.1, 0.15) is 15.9 Å². The minimum Gasteiger partial charge on any atom is -0.289 e. The Kier molecular flexibility index (Phi) is 3.17. The van der Waals surface area contributed by atoms with Gasteiger partial charge in [-0.25, -0.2) is 0 Å². The summed E-state index contributed by atoms with van der Waals surface area (Å²) in [6.45, 7) is 0. The Morgan fingerprint density at radius 2 is 1.56 bits per heavy atom. The highest BCUT2D eigenvalue weighted by Crippen LogP contribution is 2.06. The molecular formula is C13H8OSi2. The third-order valence-electron chi connectivity index (χ3n) is 2.35. The number of carbonyl (C=O) groups excluding carboxylic acids is 1. The maximum atomic E-state index is 12.2. The van der Waals surface area contributed by atoms with Gasteiger partial charge in [0.2, 0.25) is 0 Å². The van der Waals surface area contributed by atoms with Gasteiger partial charge in [0.05, 0.1) is 20.5 Å². The van der Waals surface area contributed by atoms with Gasteiger partial charge >= 0.3 is 0 Å². The third kappa shape index (κ3) is 2.05. The highest BCUT2D eigenvalue weighted by atomic mass is 28.2. The van der Waals surface area contributed by atoms with Crippen LogP contribution in [0.25, 0.3) is 0 Å². The van der Waals surface area contributed by atoms with E-state index in [-0.39, 0.29) is 5.78 Å². The second kappa shape index (κ2) is 4.59. The predicted octanol–water partition coefficient (Wildman–Crippen LogP) is 0.505. The Labute approximate surface area is 101 Å². The molecule has 1 nitrogen and oxygen atoms in total. The van der Waals surface area contributed by atoms with E-state index < -0.39 is 0 Å². The van der Waals surface area contributed by atoms with E-state index in [9.17, 15) is 4.79 Å². The van der Waals surface area contributed by atoms with Crippen molar-refractivity contribution in [3.63, 3.8) is 0 Å². The molecule has 0 N–H and O–H groups in total. The van der Waals surface area contributed by atoms with E-state index in [1.807, 2.05) is 42.5 Å². The molecule has 6 radical (unpaired) electrons. The van der Waals surface area contributed by atoms with Crippen LogP contribution in [-0.4, -0.2) is 26.3 Å². The van der Waals surface area contributed by atoms with Crippen LogP contribution in [0.2, 0.25) is 0 Å². The molecule has 0 aliphatic heterocycles. The second-order valence-electron chi connectivity index (χ2n) is 3.42. The van der Waals surface area contributed by atoms with Crippen molar-refractivity contribution in [3.05, 3.63) is 59.7 Å². The molecule has 3 heteroatoms. The molecular weight excluding hydrogens is 228 g/mol. The molecule has 0 fully saturated rings. The van der Waals surface area contributed by atoms with E-state index in [4.69, 9.17) is 0 Å². The molecule has 16 heavy (non-hydrogen) atoms. The molecule has 2 rings (SSSR count). The Hall–Kier alpha value is -1.46. The SMILES string of the molecule is O=C(c1ccccc1)c1cccc([Si])c1[Si]. The van der Waals surface area contributed by atoms with E-state index in [1.54, 1.807) is 6.07 Å². The van der Waals surface area contributed by atoms with Gasteiger partial charge in [0, 0.05) is 11.1 Å². The van der Waals surface area contributed by atoms with Gasteiger partial charge in [0.1, 0.15) is 0 Å². The fraction of sp³-hybridized carbons (Fsp3) is 0. The fourth-order valence-electron chi connectivity index (χ4n) is 1.49. The molecule has 0 saturated heterocycles. The Balaban J connectivity index is 2.46. The van der Waals surface area contributed by atoms with Crippen LogP contribution >= 0.6 is 0 Å². The van der Waals surface area contributed by atoms with E-state index in [1.165, 1.54) is 0 Å². The van der Waals surface area contributed by atoms with Crippen molar-refractivity contribution < 1.29 is 4.79 Å². The number of rotatable bonds is 2. The van der Waals surface area contributed by atoms with E-state index in [0.29, 0.717) is 11.1 Å². The lowest BCUT2D eigenvalue weighted by Crippen LogP contribution is -2.31. The zero-order valence-electron chi connectivity index (χ0n) is 8.53. The third-order valence-corrected chi connectivity index (χ3v) is 3.55. The summed E-state index contributed by atoms with van der Waals surface area (Å²) in [7, 11) is 6.90. The summed E-state index contributed by atoms with van der Waals surface area (Å²) in [5.41, 5.74) is 1.36. The van der Waals surface area contributed by atoms with Gasteiger partial charge in [-0.1, -0.05) is 58.9 Å². The molecule has 0 saturated carbocycles. The maximum Gasteiger partial charge on any atom is 0.192 e. The van der Waals surface area contributed by atoms with Crippen molar-refractivity contribution in [2.45, 2.75) is 0 Å². The highest BCUT2D eigenvalue weighted by molar-refractivity contribution is 6.51. The molecule has 0 atom stereocenters. The second-order valence-corrected chi connectivity index (χ2v) is 4.46. The molecule has 0 spiro atoms. The quantitative estimate of drug-likeness (QED) is 0.548. The molecule has 0 aromatic heterocycles. The number of hydrogen-bond donors (Lipinski definition) is 0. The minimum atomic E-state index is 0.0192. The van der Waals surface area contributed by atoms with Crippen LogP contribution in [0, 0.1) is 0 Å². The highest BCUT2D eigenvalue weighted by Gasteiger charge is 2.11. The van der Waals surface area contributed by atoms with Crippen LogP contribution in [0.5, 0.6) is 0 Å². The average molecular weight is 236 g/mol. The topological polar surface area (TPSA) is 17.1 Å². The molecule has 0 aliphatic carbocycles. The summed E-state index contributed by atoms with van der Waals surface area (Å²) < 4.78 is 0. The Morgan fingerprint density at radius 3 is 2.25 bits per heavy atom. The summed E-state index contributed by atoms with van der Waals surface area (Å²) in [6, 6.07) is 14.8. The molecule has 0 bridgehead atoms. The minimum absolute atomic E-state index is 0.0192. The molecule has 0 heterocycles. The lowest BCUT2D eigenvalue weighted by molar-refractivity contribution is 0.104. The van der Waals surface area contributed by atoms with Crippen molar-refractivity contribution >= 4 is 36.6 Å². The standard InChI is InChI=1S/C13H8OSi2/c14-12(9-5-2-1-3-6-9)10-7-4-8-11(15)13(10)16/h1-8H. The molecule has 0 amide bonds. The number of ketones is 1. The maximum absolute atomic E-state index is 12.2. The summed E-state index contributed by atoms with van der Waals surface area (Å²) in [5, 5.41) is 1.66. The molecule has 2 aromatic carbocycles. The van der Waals surface area contributed by atoms with Gasteiger partial charge in [-0.2, -0.15) is 0 Å². The first-order valence-electron chi connectivity index (χ1n) is 4.86. The molecule has 0 unspecified atom stereocenters. The smallest absolute Gasteiger partial charge is 0.192 e. The van der Waals surface area contributed by atoms with E-state index in [2.05, 4.69) is 20.5 Å². The lowest BCUT2D eigenvalue weighted by Gasteiger charge is -2.07. The largest absolute Gasteiger partial charge is 0.289 e. The summed E-state index contributed by atoms with van der Waals surface area (Å²) in [6.07, 6.45) is 0. The lowest BCUT2D eigenvalue weighted by atomic mass is 10.0. The molecule has 2 aromatic rings. The van der Waals surface area contributed by atoms with Crippen molar-refractivity contribution in [1.29, 1.82) is 0 Å². The van der Waals surface area contributed by atoms with Gasteiger partial charge < -0.3 is 0 Å². The van der Waals surface area contributed by atoms with Crippen LogP contribution in [0.3, 0.4) is 0 Å². The van der Waals surface area contributed by atoms with Gasteiger partial charge in [-0.05, 0) is 0 Å². The first-order valence-corrected chi connectivity index (χ1v) is 5.86. The van der Waals surface area contributed by atoms with Crippen molar-refractivity contribution in [2.75, 3.05) is 0 Å². The first kappa shape index (κ1) is 11.0. The summed E-state index contributed by atoms with van der Waals surface area (Å²) in [5.74, 6) is 0.0192. The van der Waals surface area contributed by atoms with E-state index in [0.717, 1.165) is 10.4 Å². The summed E-state index contributed by atoms with van der Waals surface area (Å²) >= 11 is 0. The van der Waals surface area contributed by atoms with Gasteiger partial charge in [0.15, 0.2) is 5.78 Å². The fourth-order valence-corrected chi connectivity index (χ4v) is 2.00. The Morgan fingerprint density at radius 1 is 0.875 bits per heavy atom. The van der Waals surface area contributed by atoms with Gasteiger partial charge in [-0.15, -0.1) is 0 Å². The molecule has 0 aliphatic rings. The van der Waals surface area contributed by atoms with Gasteiger partial charge in [0.25, 0.3) is 0 Å². The first-order chi connectivity index (χ1) is 7.70. The molecule has 74 valence electrons. The normalized spacial score (nSPS) is 10.1. The average Bonchev–Trinajstić information content (AvgIpc) is 2.33. The van der Waals surface area contributed by atoms with Crippen molar-refractivity contribution in [2.24, 2.45) is 0 Å². The monoisotopic (exact) mass is 236 g/mol. The van der Waals surface area contributed by atoms with Crippen LogP contribution < -0.4 is 10.4 Å². The zero-order valence-corrected chi connectivity index (χ0v) is 10.5. The van der Waals surface area contributed by atoms with Crippen molar-refractivity contribution in [3.8, 4) is 0 Å². The van der Waals surface area contributed by atoms with Crippen LogP contribution in [0.4, 0.5) is 0 Å². The van der Waals surface area contributed by atoms with Gasteiger partial charge in [-0.3, -0.25) is 4.79 Å². The van der Waals surface area contributed by atoms with Crippen LogP contribution in [0.15, 0.2) is 48.5 Å². The summed E-state index contributed by atoms with van der Waals surface area (Å²) in [4.78, 5) is 12.2. The van der Waals surface area contributed by atoms with E-state index >= 15 is 0 Å². The predicted molar refractivity (Wildman–Crippen MR) is 67.1 cm³/mol. The zero-order chi connectivity index (χ0) is 11.5. The number of carbonyl (C=O) groups is 1. The van der Waals surface area contributed by atoms with Crippen molar-refractivity contribution in [1.82, 2.24) is 0 Å².